The summed E-state index contributed by atoms with van der Waals surface area (Å²) in [6, 6.07) is 8.03. The van der Waals surface area contributed by atoms with Crippen LogP contribution in [0.15, 0.2) is 36.5 Å². The molecule has 1 aliphatic rings. The number of amides is 1. The van der Waals surface area contributed by atoms with Crippen LogP contribution in [0.3, 0.4) is 0 Å². The number of hydrogen-bond donors (Lipinski definition) is 2. The molecular weight excluding hydrogens is 271 g/mol. The first kappa shape index (κ1) is 13.5. The zero-order chi connectivity index (χ0) is 14.8. The molecule has 0 unspecified atom stereocenters. The van der Waals surface area contributed by atoms with Gasteiger partial charge in [0.2, 0.25) is 5.91 Å². The number of nitrogens with one attached hydrogen (secondary N) is 1. The number of nitrogens with zero attached hydrogens (tertiary/aromatic N) is 2. The minimum absolute atomic E-state index is 0.0158. The summed E-state index contributed by atoms with van der Waals surface area (Å²) in [7, 11) is 0. The number of carbonyl (C=O) groups is 1. The van der Waals surface area contributed by atoms with Crippen LogP contribution >= 0.6 is 0 Å². The van der Waals surface area contributed by atoms with Crippen LogP contribution in [0.5, 0.6) is 0 Å². The Bertz CT molecular complexity index is 689. The molecule has 108 valence electrons. The molecular formula is C15H15FN4O. The Labute approximate surface area is 121 Å². The van der Waals surface area contributed by atoms with Gasteiger partial charge in [0.1, 0.15) is 5.82 Å². The van der Waals surface area contributed by atoms with Gasteiger partial charge >= 0.3 is 0 Å². The van der Waals surface area contributed by atoms with Gasteiger partial charge in [0.15, 0.2) is 0 Å². The third-order valence-corrected chi connectivity index (χ3v) is 3.54. The highest BCUT2D eigenvalue weighted by Gasteiger charge is 2.24. The van der Waals surface area contributed by atoms with Gasteiger partial charge in [0.25, 0.3) is 0 Å². The summed E-state index contributed by atoms with van der Waals surface area (Å²) in [4.78, 5) is 18.0. The number of nitrogens with two attached hydrogens (primary N) is 1. The lowest BCUT2D eigenvalue weighted by Gasteiger charge is -2.29. The maximum atomic E-state index is 13.3. The van der Waals surface area contributed by atoms with E-state index in [-0.39, 0.29) is 11.7 Å². The second-order valence-electron chi connectivity index (χ2n) is 4.93. The number of aryl methyl sites for hydroxylation is 1. The number of pyridine rings is 1. The standard InChI is InChI=1S/C15H15FN4O/c16-11-2-3-14-10(7-11)1-4-15(21)20(14)9-13-8-12(19-17)5-6-18-13/h2-3,5-8H,1,4,9,17H2,(H,18,19). The van der Waals surface area contributed by atoms with Gasteiger partial charge in [-0.25, -0.2) is 4.39 Å². The van der Waals surface area contributed by atoms with Crippen molar-refractivity contribution in [1.82, 2.24) is 4.98 Å². The number of fused-ring (bicyclic) bond motifs is 1. The van der Waals surface area contributed by atoms with E-state index in [4.69, 9.17) is 5.84 Å². The van der Waals surface area contributed by atoms with Gasteiger partial charge < -0.3 is 10.3 Å². The Morgan fingerprint density at radius 1 is 1.29 bits per heavy atom. The molecule has 1 aliphatic heterocycles. The zero-order valence-electron chi connectivity index (χ0n) is 11.3. The summed E-state index contributed by atoms with van der Waals surface area (Å²) < 4.78 is 13.3. The molecule has 1 amide bonds. The Morgan fingerprint density at radius 3 is 2.95 bits per heavy atom. The maximum Gasteiger partial charge on any atom is 0.227 e. The molecule has 0 bridgehead atoms. The van der Waals surface area contributed by atoms with Crippen molar-refractivity contribution in [2.24, 2.45) is 5.84 Å². The van der Waals surface area contributed by atoms with Crippen molar-refractivity contribution >= 4 is 17.3 Å². The minimum Gasteiger partial charge on any atom is -0.324 e. The van der Waals surface area contributed by atoms with E-state index in [1.54, 1.807) is 29.3 Å². The monoisotopic (exact) mass is 286 g/mol. The Balaban J connectivity index is 1.92. The second-order valence-corrected chi connectivity index (χ2v) is 4.93. The average Bonchev–Trinajstić information content (AvgIpc) is 2.50. The first-order valence-electron chi connectivity index (χ1n) is 6.68. The predicted octanol–water partition coefficient (Wildman–Crippen LogP) is 1.99. The summed E-state index contributed by atoms with van der Waals surface area (Å²) in [5.41, 5.74) is 5.59. The molecule has 0 spiro atoms. The number of carbonyl (C=O) groups excluding carboxylic acids is 1. The van der Waals surface area contributed by atoms with Gasteiger partial charge in [-0.15, -0.1) is 0 Å². The lowest BCUT2D eigenvalue weighted by atomic mass is 10.0. The number of halogens is 1. The van der Waals surface area contributed by atoms with Crippen LogP contribution in [0.4, 0.5) is 15.8 Å². The number of hydrogen-bond acceptors (Lipinski definition) is 4. The fraction of sp³-hybridized carbons (Fsp3) is 0.200. The third kappa shape index (κ3) is 2.71. The Kier molecular flexibility index (Phi) is 3.53. The highest BCUT2D eigenvalue weighted by Crippen LogP contribution is 2.29. The summed E-state index contributed by atoms with van der Waals surface area (Å²) in [5.74, 6) is 5.11. The molecule has 0 atom stereocenters. The first-order valence-corrected chi connectivity index (χ1v) is 6.68. The van der Waals surface area contributed by atoms with Crippen molar-refractivity contribution < 1.29 is 9.18 Å². The predicted molar refractivity (Wildman–Crippen MR) is 78.0 cm³/mol. The first-order chi connectivity index (χ1) is 10.2. The summed E-state index contributed by atoms with van der Waals surface area (Å²) in [5, 5.41) is 0. The van der Waals surface area contributed by atoms with Crippen molar-refractivity contribution in [3.8, 4) is 0 Å². The SMILES string of the molecule is NNc1ccnc(CN2C(=O)CCc3cc(F)ccc32)c1. The number of hydrazine groups is 1. The zero-order valence-corrected chi connectivity index (χ0v) is 11.3. The van der Waals surface area contributed by atoms with Crippen LogP contribution in [0.1, 0.15) is 17.7 Å². The molecule has 1 aromatic heterocycles. The second kappa shape index (κ2) is 5.49. The van der Waals surface area contributed by atoms with E-state index in [2.05, 4.69) is 10.4 Å². The van der Waals surface area contributed by atoms with Crippen molar-refractivity contribution in [1.29, 1.82) is 0 Å². The lowest BCUT2D eigenvalue weighted by molar-refractivity contribution is -0.119. The summed E-state index contributed by atoms with van der Waals surface area (Å²) in [6.07, 6.45) is 2.58. The number of anilines is 2. The molecule has 3 N–H and O–H groups in total. The van der Waals surface area contributed by atoms with Gasteiger partial charge in [0, 0.05) is 18.3 Å². The quantitative estimate of drug-likeness (QED) is 0.668. The number of nitrogen functional groups attached to an aromatic ring is 1. The molecule has 6 heteroatoms. The molecule has 21 heavy (non-hydrogen) atoms. The van der Waals surface area contributed by atoms with E-state index >= 15 is 0 Å². The summed E-state index contributed by atoms with van der Waals surface area (Å²) >= 11 is 0. The van der Waals surface area contributed by atoms with E-state index in [0.717, 1.165) is 22.6 Å². The highest BCUT2D eigenvalue weighted by atomic mass is 19.1. The highest BCUT2D eigenvalue weighted by molar-refractivity contribution is 5.96. The normalized spacial score (nSPS) is 14.0. The average molecular weight is 286 g/mol. The Morgan fingerprint density at radius 2 is 2.14 bits per heavy atom. The number of aromatic nitrogens is 1. The van der Waals surface area contributed by atoms with Gasteiger partial charge in [0.05, 0.1) is 17.9 Å². The molecule has 0 saturated carbocycles. The largest absolute Gasteiger partial charge is 0.324 e. The van der Waals surface area contributed by atoms with Crippen LogP contribution in [0.25, 0.3) is 0 Å². The topological polar surface area (TPSA) is 71.2 Å². The smallest absolute Gasteiger partial charge is 0.227 e. The van der Waals surface area contributed by atoms with E-state index in [0.29, 0.717) is 19.4 Å². The molecule has 0 saturated heterocycles. The van der Waals surface area contributed by atoms with Crippen molar-refractivity contribution in [2.45, 2.75) is 19.4 Å². The number of rotatable bonds is 3. The minimum atomic E-state index is -0.282. The van der Waals surface area contributed by atoms with E-state index in [1.165, 1.54) is 12.1 Å². The molecule has 0 radical (unpaired) electrons. The van der Waals surface area contributed by atoms with E-state index in [1.807, 2.05) is 0 Å². The molecule has 0 aliphatic carbocycles. The van der Waals surface area contributed by atoms with Gasteiger partial charge in [-0.3, -0.25) is 15.6 Å². The molecule has 0 fully saturated rings. The van der Waals surface area contributed by atoms with E-state index < -0.39 is 0 Å². The summed E-state index contributed by atoms with van der Waals surface area (Å²) in [6.45, 7) is 0.340. The van der Waals surface area contributed by atoms with Crippen molar-refractivity contribution in [2.75, 3.05) is 10.3 Å². The molecule has 1 aromatic carbocycles. The lowest BCUT2D eigenvalue weighted by Crippen LogP contribution is -2.34. The Hall–Kier alpha value is -2.47. The molecule has 3 rings (SSSR count). The van der Waals surface area contributed by atoms with Crippen molar-refractivity contribution in [3.05, 3.63) is 53.6 Å². The van der Waals surface area contributed by atoms with Crippen LogP contribution in [0, 0.1) is 5.82 Å². The van der Waals surface area contributed by atoms with Gasteiger partial charge in [-0.1, -0.05) is 0 Å². The van der Waals surface area contributed by atoms with Crippen LogP contribution in [-0.2, 0) is 17.8 Å². The van der Waals surface area contributed by atoms with Gasteiger partial charge in [-0.2, -0.15) is 0 Å². The fourth-order valence-corrected chi connectivity index (χ4v) is 2.52. The van der Waals surface area contributed by atoms with E-state index in [9.17, 15) is 9.18 Å². The van der Waals surface area contributed by atoms with Crippen LogP contribution in [0.2, 0.25) is 0 Å². The molecule has 5 nitrogen and oxygen atoms in total. The van der Waals surface area contributed by atoms with Crippen molar-refractivity contribution in [3.63, 3.8) is 0 Å². The maximum absolute atomic E-state index is 13.3. The van der Waals surface area contributed by atoms with Crippen LogP contribution in [-0.4, -0.2) is 10.9 Å². The molecule has 2 heterocycles. The number of benzene rings is 1. The fourth-order valence-electron chi connectivity index (χ4n) is 2.52. The van der Waals surface area contributed by atoms with Gasteiger partial charge in [-0.05, 0) is 42.3 Å². The molecule has 2 aromatic rings. The van der Waals surface area contributed by atoms with Crippen LogP contribution < -0.4 is 16.2 Å². The third-order valence-electron chi connectivity index (χ3n) is 3.54.